The second kappa shape index (κ2) is 8.00. The number of hydrogen-bond donors (Lipinski definition) is 1. The zero-order valence-corrected chi connectivity index (χ0v) is 12.4. The highest BCUT2D eigenvalue weighted by Crippen LogP contribution is 2.21. The molecule has 2 heterocycles. The van der Waals surface area contributed by atoms with Crippen molar-refractivity contribution in [2.45, 2.75) is 38.4 Å². The summed E-state index contributed by atoms with van der Waals surface area (Å²) in [5, 5.41) is 3.37. The Balaban J connectivity index is 1.66. The third kappa shape index (κ3) is 4.88. The van der Waals surface area contributed by atoms with E-state index in [0.29, 0.717) is 12.2 Å². The second-order valence-corrected chi connectivity index (χ2v) is 5.57. The molecule has 1 fully saturated rings. The van der Waals surface area contributed by atoms with Gasteiger partial charge in [-0.3, -0.25) is 4.90 Å². The summed E-state index contributed by atoms with van der Waals surface area (Å²) in [5.74, 6) is 0. The standard InChI is InChI=1S/C15H28N2O2/c1-3-16-10-14-4-5-15(19-14)11-17-8-6-13(7-9-17)12-18-2/h6,14-16H,3-5,7-12H2,1-2H3. The summed E-state index contributed by atoms with van der Waals surface area (Å²) in [4.78, 5) is 2.50. The molecule has 1 N–H and O–H groups in total. The SMILES string of the molecule is CCNCC1CCC(CN2CC=C(COC)CC2)O1. The van der Waals surface area contributed by atoms with Gasteiger partial charge in [-0.05, 0) is 31.4 Å². The van der Waals surface area contributed by atoms with Gasteiger partial charge in [-0.15, -0.1) is 0 Å². The molecule has 0 aliphatic carbocycles. The molecule has 2 unspecified atom stereocenters. The summed E-state index contributed by atoms with van der Waals surface area (Å²) < 4.78 is 11.3. The fraction of sp³-hybridized carbons (Fsp3) is 0.867. The fourth-order valence-electron chi connectivity index (χ4n) is 2.89. The predicted molar refractivity (Wildman–Crippen MR) is 77.5 cm³/mol. The Hall–Kier alpha value is -0.420. The number of nitrogens with zero attached hydrogens (tertiary/aromatic N) is 1. The van der Waals surface area contributed by atoms with Gasteiger partial charge in [-0.2, -0.15) is 0 Å². The van der Waals surface area contributed by atoms with E-state index in [-0.39, 0.29) is 0 Å². The second-order valence-electron chi connectivity index (χ2n) is 5.57. The summed E-state index contributed by atoms with van der Waals surface area (Å²) in [6.45, 7) is 8.25. The van der Waals surface area contributed by atoms with E-state index in [1.807, 2.05) is 0 Å². The first-order valence-electron chi connectivity index (χ1n) is 7.57. The van der Waals surface area contributed by atoms with Crippen molar-refractivity contribution in [1.29, 1.82) is 0 Å². The van der Waals surface area contributed by atoms with Gasteiger partial charge in [0.05, 0.1) is 18.8 Å². The maximum absolute atomic E-state index is 6.09. The maximum Gasteiger partial charge on any atom is 0.0707 e. The van der Waals surface area contributed by atoms with Crippen LogP contribution >= 0.6 is 0 Å². The van der Waals surface area contributed by atoms with Crippen LogP contribution in [0.2, 0.25) is 0 Å². The maximum atomic E-state index is 6.09. The number of ether oxygens (including phenoxy) is 2. The number of hydrogen-bond acceptors (Lipinski definition) is 4. The Morgan fingerprint density at radius 1 is 1.42 bits per heavy atom. The van der Waals surface area contributed by atoms with Crippen molar-refractivity contribution < 1.29 is 9.47 Å². The lowest BCUT2D eigenvalue weighted by Crippen LogP contribution is -2.37. The average Bonchev–Trinajstić information content (AvgIpc) is 2.87. The van der Waals surface area contributed by atoms with Crippen molar-refractivity contribution in [2.75, 3.05) is 46.4 Å². The van der Waals surface area contributed by atoms with E-state index in [9.17, 15) is 0 Å². The summed E-state index contributed by atoms with van der Waals surface area (Å²) in [7, 11) is 1.77. The van der Waals surface area contributed by atoms with Gasteiger partial charge in [0.25, 0.3) is 0 Å². The molecule has 110 valence electrons. The number of methoxy groups -OCH3 is 1. The van der Waals surface area contributed by atoms with Gasteiger partial charge in [-0.25, -0.2) is 0 Å². The van der Waals surface area contributed by atoms with Gasteiger partial charge in [-0.1, -0.05) is 13.0 Å². The van der Waals surface area contributed by atoms with E-state index in [1.165, 1.54) is 18.4 Å². The van der Waals surface area contributed by atoms with Crippen molar-refractivity contribution in [3.05, 3.63) is 11.6 Å². The van der Waals surface area contributed by atoms with E-state index in [1.54, 1.807) is 7.11 Å². The molecular formula is C15H28N2O2. The van der Waals surface area contributed by atoms with Crippen molar-refractivity contribution in [3.8, 4) is 0 Å². The Labute approximate surface area is 117 Å². The van der Waals surface area contributed by atoms with E-state index >= 15 is 0 Å². The summed E-state index contributed by atoms with van der Waals surface area (Å²) in [5.41, 5.74) is 1.44. The lowest BCUT2D eigenvalue weighted by atomic mass is 10.1. The van der Waals surface area contributed by atoms with Crippen molar-refractivity contribution >= 4 is 0 Å². The van der Waals surface area contributed by atoms with Crippen LogP contribution in [0.4, 0.5) is 0 Å². The van der Waals surface area contributed by atoms with Gasteiger partial charge in [0.1, 0.15) is 0 Å². The molecule has 0 saturated carbocycles. The van der Waals surface area contributed by atoms with Crippen LogP contribution in [0.15, 0.2) is 11.6 Å². The molecule has 0 amide bonds. The van der Waals surface area contributed by atoms with Crippen molar-refractivity contribution in [1.82, 2.24) is 10.2 Å². The van der Waals surface area contributed by atoms with Crippen LogP contribution < -0.4 is 5.32 Å². The minimum absolute atomic E-state index is 0.425. The molecule has 1 saturated heterocycles. The van der Waals surface area contributed by atoms with E-state index in [2.05, 4.69) is 23.2 Å². The Bertz CT molecular complexity index is 294. The highest BCUT2D eigenvalue weighted by atomic mass is 16.5. The highest BCUT2D eigenvalue weighted by molar-refractivity contribution is 5.07. The Morgan fingerprint density at radius 3 is 2.95 bits per heavy atom. The highest BCUT2D eigenvalue weighted by Gasteiger charge is 2.26. The first-order chi connectivity index (χ1) is 9.31. The molecule has 0 aromatic rings. The molecule has 0 aromatic heterocycles. The van der Waals surface area contributed by atoms with Gasteiger partial charge in [0.15, 0.2) is 0 Å². The first kappa shape index (κ1) is 15.0. The zero-order valence-electron chi connectivity index (χ0n) is 12.4. The monoisotopic (exact) mass is 268 g/mol. The molecule has 2 aliphatic heterocycles. The molecular weight excluding hydrogens is 240 g/mol. The fourth-order valence-corrected chi connectivity index (χ4v) is 2.89. The third-order valence-corrected chi connectivity index (χ3v) is 4.00. The Morgan fingerprint density at radius 2 is 2.26 bits per heavy atom. The summed E-state index contributed by atoms with van der Waals surface area (Å²) >= 11 is 0. The Kier molecular flexibility index (Phi) is 6.31. The van der Waals surface area contributed by atoms with Gasteiger partial charge < -0.3 is 14.8 Å². The molecule has 2 atom stereocenters. The largest absolute Gasteiger partial charge is 0.380 e. The lowest BCUT2D eigenvalue weighted by Gasteiger charge is -2.28. The van der Waals surface area contributed by atoms with Crippen LogP contribution in [0.3, 0.4) is 0 Å². The first-order valence-corrected chi connectivity index (χ1v) is 7.57. The molecule has 0 radical (unpaired) electrons. The van der Waals surface area contributed by atoms with Crippen LogP contribution in [-0.2, 0) is 9.47 Å². The molecule has 19 heavy (non-hydrogen) atoms. The van der Waals surface area contributed by atoms with E-state index in [0.717, 1.165) is 45.8 Å². The van der Waals surface area contributed by atoms with Crippen LogP contribution in [-0.4, -0.2) is 63.5 Å². The molecule has 4 heteroatoms. The molecule has 4 nitrogen and oxygen atoms in total. The molecule has 2 rings (SSSR count). The number of rotatable bonds is 7. The van der Waals surface area contributed by atoms with Gasteiger partial charge >= 0.3 is 0 Å². The average molecular weight is 268 g/mol. The zero-order chi connectivity index (χ0) is 13.5. The summed E-state index contributed by atoms with van der Waals surface area (Å²) in [6, 6.07) is 0. The summed E-state index contributed by atoms with van der Waals surface area (Å²) in [6.07, 6.45) is 6.73. The van der Waals surface area contributed by atoms with Gasteiger partial charge in [0, 0.05) is 33.3 Å². The minimum atomic E-state index is 0.425. The van der Waals surface area contributed by atoms with Crippen molar-refractivity contribution in [3.63, 3.8) is 0 Å². The van der Waals surface area contributed by atoms with Crippen LogP contribution in [0.1, 0.15) is 26.2 Å². The number of likely N-dealkylation sites (N-methyl/N-ethyl adjacent to an activating group) is 1. The van der Waals surface area contributed by atoms with Gasteiger partial charge in [0.2, 0.25) is 0 Å². The quantitative estimate of drug-likeness (QED) is 0.708. The number of nitrogens with one attached hydrogen (secondary N) is 1. The predicted octanol–water partition coefficient (Wildman–Crippen LogP) is 1.42. The topological polar surface area (TPSA) is 33.7 Å². The normalized spacial score (nSPS) is 28.6. The minimum Gasteiger partial charge on any atom is -0.380 e. The third-order valence-electron chi connectivity index (χ3n) is 4.00. The van der Waals surface area contributed by atoms with E-state index < -0.39 is 0 Å². The van der Waals surface area contributed by atoms with Crippen LogP contribution in [0, 0.1) is 0 Å². The molecule has 2 aliphatic rings. The molecule has 0 bridgehead atoms. The van der Waals surface area contributed by atoms with E-state index in [4.69, 9.17) is 9.47 Å². The van der Waals surface area contributed by atoms with Crippen LogP contribution in [0.25, 0.3) is 0 Å². The smallest absolute Gasteiger partial charge is 0.0707 e. The molecule has 0 spiro atoms. The lowest BCUT2D eigenvalue weighted by molar-refractivity contribution is 0.0248. The molecule has 0 aromatic carbocycles. The van der Waals surface area contributed by atoms with Crippen LogP contribution in [0.5, 0.6) is 0 Å². The van der Waals surface area contributed by atoms with Crippen molar-refractivity contribution in [2.24, 2.45) is 0 Å².